The zero-order valence-electron chi connectivity index (χ0n) is 16.5. The first-order chi connectivity index (χ1) is 10.6. The Kier molecular flexibility index (Phi) is 7.96. The first-order valence-corrected chi connectivity index (χ1v) is 8.22. The number of carbonyl (C=O) groups excluding carboxylic acids is 2. The molecule has 2 N–H and O–H groups in total. The molecule has 0 aliphatic carbocycles. The maximum atomic E-state index is 11.9. The Morgan fingerprint density at radius 3 is 2.04 bits per heavy atom. The Balaban J connectivity index is 4.34. The van der Waals surface area contributed by atoms with Gasteiger partial charge in [0, 0.05) is 12.1 Å². The first-order valence-electron chi connectivity index (χ1n) is 8.22. The van der Waals surface area contributed by atoms with E-state index in [9.17, 15) is 9.59 Å². The molecule has 0 saturated carbocycles. The van der Waals surface area contributed by atoms with Gasteiger partial charge >= 0.3 is 6.09 Å². The molecule has 0 aliphatic rings. The van der Waals surface area contributed by atoms with Crippen LogP contribution in [0.25, 0.3) is 0 Å². The fourth-order valence-electron chi connectivity index (χ4n) is 1.69. The van der Waals surface area contributed by atoms with E-state index in [-0.39, 0.29) is 5.91 Å². The lowest BCUT2D eigenvalue weighted by atomic mass is 10.0. The Hall–Kier alpha value is -1.56. The van der Waals surface area contributed by atoms with Crippen molar-refractivity contribution in [2.24, 2.45) is 0 Å². The second kappa shape index (κ2) is 8.51. The molecule has 0 aliphatic heterocycles. The number of amides is 2. The van der Waals surface area contributed by atoms with Crippen molar-refractivity contribution in [3.05, 3.63) is 12.2 Å². The molecule has 6 nitrogen and oxygen atoms in total. The lowest BCUT2D eigenvalue weighted by Crippen LogP contribution is -2.50. The van der Waals surface area contributed by atoms with E-state index in [0.29, 0.717) is 25.1 Å². The molecule has 2 amide bonds. The highest BCUT2D eigenvalue weighted by atomic mass is 16.6. The molecular weight excluding hydrogens is 308 g/mol. The highest BCUT2D eigenvalue weighted by molar-refractivity contribution is 5.92. The van der Waals surface area contributed by atoms with Gasteiger partial charge in [-0.25, -0.2) is 4.79 Å². The molecule has 0 aromatic carbocycles. The van der Waals surface area contributed by atoms with E-state index < -0.39 is 22.8 Å². The van der Waals surface area contributed by atoms with Gasteiger partial charge in [-0.3, -0.25) is 4.79 Å². The van der Waals surface area contributed by atoms with Crippen molar-refractivity contribution in [1.29, 1.82) is 0 Å². The summed E-state index contributed by atoms with van der Waals surface area (Å²) in [6.45, 7) is 19.2. The minimum Gasteiger partial charge on any atom is -0.444 e. The van der Waals surface area contributed by atoms with Crippen LogP contribution in [-0.2, 0) is 14.3 Å². The molecule has 140 valence electrons. The van der Waals surface area contributed by atoms with Crippen molar-refractivity contribution in [3.8, 4) is 0 Å². The number of ether oxygens (including phenoxy) is 2. The van der Waals surface area contributed by atoms with Gasteiger partial charge in [-0.05, 0) is 61.8 Å². The van der Waals surface area contributed by atoms with Crippen molar-refractivity contribution in [1.82, 2.24) is 10.6 Å². The second-order valence-corrected chi connectivity index (χ2v) is 8.35. The molecule has 0 aromatic heterocycles. The van der Waals surface area contributed by atoms with Gasteiger partial charge in [-0.2, -0.15) is 0 Å². The van der Waals surface area contributed by atoms with E-state index in [4.69, 9.17) is 9.47 Å². The van der Waals surface area contributed by atoms with Gasteiger partial charge in [0.15, 0.2) is 0 Å². The number of rotatable bonds is 8. The second-order valence-electron chi connectivity index (χ2n) is 8.35. The van der Waals surface area contributed by atoms with Gasteiger partial charge < -0.3 is 20.1 Å². The van der Waals surface area contributed by atoms with E-state index >= 15 is 0 Å². The van der Waals surface area contributed by atoms with E-state index in [1.54, 1.807) is 6.92 Å². The SMILES string of the molecule is C=C(C)C(=O)NCCC(C)(C)OCC(C)(C)NC(=O)OC(C)(C)C. The molecular formula is C18H34N2O4. The minimum absolute atomic E-state index is 0.155. The summed E-state index contributed by atoms with van der Waals surface area (Å²) < 4.78 is 11.2. The molecule has 0 aromatic rings. The maximum absolute atomic E-state index is 11.9. The summed E-state index contributed by atoms with van der Waals surface area (Å²) in [5, 5.41) is 5.59. The molecule has 0 heterocycles. The third-order valence-corrected chi connectivity index (χ3v) is 3.06. The average molecular weight is 342 g/mol. The van der Waals surface area contributed by atoms with Crippen LogP contribution in [0.3, 0.4) is 0 Å². The van der Waals surface area contributed by atoms with Crippen molar-refractivity contribution >= 4 is 12.0 Å². The van der Waals surface area contributed by atoms with Crippen molar-refractivity contribution in [3.63, 3.8) is 0 Å². The molecule has 0 radical (unpaired) electrons. The molecule has 0 unspecified atom stereocenters. The quantitative estimate of drug-likeness (QED) is 0.664. The molecule has 0 atom stereocenters. The van der Waals surface area contributed by atoms with E-state index in [1.807, 2.05) is 48.5 Å². The van der Waals surface area contributed by atoms with Crippen LogP contribution >= 0.6 is 0 Å². The summed E-state index contributed by atoms with van der Waals surface area (Å²) in [4.78, 5) is 23.3. The summed E-state index contributed by atoms with van der Waals surface area (Å²) in [6.07, 6.45) is 0.178. The minimum atomic E-state index is -0.569. The molecule has 24 heavy (non-hydrogen) atoms. The highest BCUT2D eigenvalue weighted by Crippen LogP contribution is 2.17. The summed E-state index contributed by atoms with van der Waals surface area (Å²) in [7, 11) is 0. The highest BCUT2D eigenvalue weighted by Gasteiger charge is 2.28. The van der Waals surface area contributed by atoms with Gasteiger partial charge in [0.25, 0.3) is 0 Å². The zero-order valence-corrected chi connectivity index (χ0v) is 16.5. The van der Waals surface area contributed by atoms with E-state index in [0.717, 1.165) is 0 Å². The lowest BCUT2D eigenvalue weighted by molar-refractivity contribution is -0.117. The summed E-state index contributed by atoms with van der Waals surface area (Å²) in [5.74, 6) is -0.155. The fraction of sp³-hybridized carbons (Fsp3) is 0.778. The van der Waals surface area contributed by atoms with Gasteiger partial charge in [-0.1, -0.05) is 6.58 Å². The molecule has 0 bridgehead atoms. The number of hydrogen-bond acceptors (Lipinski definition) is 4. The van der Waals surface area contributed by atoms with Crippen LogP contribution in [0.1, 0.15) is 61.8 Å². The average Bonchev–Trinajstić information content (AvgIpc) is 2.33. The number of nitrogens with one attached hydrogen (secondary N) is 2. The lowest BCUT2D eigenvalue weighted by Gasteiger charge is -2.33. The predicted octanol–water partition coefficient (Wildman–Crippen LogP) is 3.17. The van der Waals surface area contributed by atoms with Crippen LogP contribution in [0.2, 0.25) is 0 Å². The number of hydrogen-bond donors (Lipinski definition) is 2. The Labute approximate surface area is 146 Å². The van der Waals surface area contributed by atoms with Crippen LogP contribution in [0.5, 0.6) is 0 Å². The normalized spacial score (nSPS) is 12.5. The third kappa shape index (κ3) is 11.0. The summed E-state index contributed by atoms with van der Waals surface area (Å²) in [6, 6.07) is 0. The van der Waals surface area contributed by atoms with Gasteiger partial charge in [-0.15, -0.1) is 0 Å². The summed E-state index contributed by atoms with van der Waals surface area (Å²) in [5.41, 5.74) is -1.06. The van der Waals surface area contributed by atoms with E-state index in [1.165, 1.54) is 0 Å². The third-order valence-electron chi connectivity index (χ3n) is 3.06. The Bertz CT molecular complexity index is 462. The number of alkyl carbamates (subject to hydrolysis) is 1. The largest absolute Gasteiger partial charge is 0.444 e. The van der Waals surface area contributed by atoms with Gasteiger partial charge in [0.2, 0.25) is 5.91 Å². The van der Waals surface area contributed by atoms with Crippen LogP contribution < -0.4 is 10.6 Å². The van der Waals surface area contributed by atoms with Crippen molar-refractivity contribution < 1.29 is 19.1 Å². The topological polar surface area (TPSA) is 76.7 Å². The zero-order chi connectivity index (χ0) is 19.2. The van der Waals surface area contributed by atoms with Crippen LogP contribution in [0, 0.1) is 0 Å². The molecule has 6 heteroatoms. The summed E-state index contributed by atoms with van der Waals surface area (Å²) >= 11 is 0. The van der Waals surface area contributed by atoms with Gasteiger partial charge in [0.1, 0.15) is 5.60 Å². The van der Waals surface area contributed by atoms with Crippen LogP contribution in [0.15, 0.2) is 12.2 Å². The standard InChI is InChI=1S/C18H34N2O4/c1-13(2)14(21)19-11-10-18(8,9)23-12-17(6,7)20-15(22)24-16(3,4)5/h1,10-12H2,2-9H3,(H,19,21)(H,20,22). The molecule has 0 saturated heterocycles. The van der Waals surface area contributed by atoms with E-state index in [2.05, 4.69) is 17.2 Å². The molecule has 0 spiro atoms. The number of carbonyl (C=O) groups is 2. The molecule has 0 rings (SSSR count). The molecule has 0 fully saturated rings. The Morgan fingerprint density at radius 1 is 1.04 bits per heavy atom. The monoisotopic (exact) mass is 342 g/mol. The maximum Gasteiger partial charge on any atom is 0.408 e. The fourth-order valence-corrected chi connectivity index (χ4v) is 1.69. The van der Waals surface area contributed by atoms with Crippen LogP contribution in [0.4, 0.5) is 4.79 Å². The van der Waals surface area contributed by atoms with Crippen molar-refractivity contribution in [2.75, 3.05) is 13.2 Å². The Morgan fingerprint density at radius 2 is 1.58 bits per heavy atom. The smallest absolute Gasteiger partial charge is 0.408 e. The predicted molar refractivity (Wildman–Crippen MR) is 95.9 cm³/mol. The van der Waals surface area contributed by atoms with Crippen molar-refractivity contribution in [2.45, 2.75) is 78.6 Å². The van der Waals surface area contributed by atoms with Crippen LogP contribution in [-0.4, -0.2) is 41.9 Å². The first kappa shape index (κ1) is 22.4. The van der Waals surface area contributed by atoms with Gasteiger partial charge in [0.05, 0.1) is 17.7 Å².